The minimum atomic E-state index is 0.123. The third-order valence-corrected chi connectivity index (χ3v) is 6.83. The van der Waals surface area contributed by atoms with Crippen LogP contribution >= 0.6 is 0 Å². The fraction of sp³-hybridized carbons (Fsp3) is 0.375. The summed E-state index contributed by atoms with van der Waals surface area (Å²) in [7, 11) is 1.70. The monoisotopic (exact) mass is 345 g/mol. The summed E-state index contributed by atoms with van der Waals surface area (Å²) in [4.78, 5) is 5.15. The Morgan fingerprint density at radius 2 is 1.69 bits per heavy atom. The molecule has 2 aliphatic carbocycles. The van der Waals surface area contributed by atoms with Gasteiger partial charge in [-0.3, -0.25) is 4.99 Å². The Kier molecular flexibility index (Phi) is 4.02. The lowest BCUT2D eigenvalue weighted by atomic mass is 9.70. The molecule has 2 fully saturated rings. The molecule has 0 spiro atoms. The van der Waals surface area contributed by atoms with E-state index in [1.54, 1.807) is 7.11 Å². The summed E-state index contributed by atoms with van der Waals surface area (Å²) in [6, 6.07) is 18.7. The Balaban J connectivity index is 1.83. The second kappa shape index (κ2) is 6.12. The van der Waals surface area contributed by atoms with E-state index in [0.717, 1.165) is 11.4 Å². The number of allylic oxidation sites excluding steroid dienone is 1. The van der Waals surface area contributed by atoms with E-state index in [1.165, 1.54) is 29.7 Å². The van der Waals surface area contributed by atoms with Crippen molar-refractivity contribution in [3.63, 3.8) is 0 Å². The van der Waals surface area contributed by atoms with Crippen LogP contribution in [-0.2, 0) is 0 Å². The summed E-state index contributed by atoms with van der Waals surface area (Å²) < 4.78 is 5.28. The predicted octanol–water partition coefficient (Wildman–Crippen LogP) is 6.31. The van der Waals surface area contributed by atoms with Crippen LogP contribution in [0.1, 0.15) is 39.2 Å². The van der Waals surface area contributed by atoms with Crippen molar-refractivity contribution in [1.82, 2.24) is 0 Å². The lowest BCUT2D eigenvalue weighted by Crippen LogP contribution is -2.32. The van der Waals surface area contributed by atoms with Crippen LogP contribution in [0.2, 0.25) is 0 Å². The summed E-state index contributed by atoms with van der Waals surface area (Å²) in [5.41, 5.74) is 5.32. The first-order valence-corrected chi connectivity index (χ1v) is 9.46. The summed E-state index contributed by atoms with van der Waals surface area (Å²) in [5.74, 6) is 1.44. The number of hydrogen-bond donors (Lipinski definition) is 0. The van der Waals surface area contributed by atoms with E-state index in [-0.39, 0.29) is 10.8 Å². The van der Waals surface area contributed by atoms with Crippen molar-refractivity contribution in [1.29, 1.82) is 0 Å². The molecule has 2 bridgehead atoms. The largest absolute Gasteiger partial charge is 0.497 e. The van der Waals surface area contributed by atoms with Gasteiger partial charge in [0.2, 0.25) is 0 Å². The number of nitrogens with zero attached hydrogens (tertiary/aromatic N) is 1. The van der Waals surface area contributed by atoms with Crippen LogP contribution in [0.4, 0.5) is 5.69 Å². The van der Waals surface area contributed by atoms with Gasteiger partial charge in [-0.15, -0.1) is 0 Å². The van der Waals surface area contributed by atoms with Crippen molar-refractivity contribution in [3.05, 3.63) is 65.7 Å². The fourth-order valence-electron chi connectivity index (χ4n) is 4.82. The molecule has 0 heterocycles. The Morgan fingerprint density at radius 1 is 1.00 bits per heavy atom. The molecule has 0 aromatic heterocycles. The molecule has 2 nitrogen and oxygen atoms in total. The average Bonchev–Trinajstić information content (AvgIpc) is 2.96. The molecule has 0 saturated heterocycles. The normalized spacial score (nSPS) is 29.5. The highest BCUT2D eigenvalue weighted by Crippen LogP contribution is 2.66. The van der Waals surface area contributed by atoms with E-state index in [2.05, 4.69) is 57.2 Å². The molecule has 2 atom stereocenters. The first kappa shape index (κ1) is 17.1. The molecule has 2 aliphatic rings. The van der Waals surface area contributed by atoms with E-state index in [1.807, 2.05) is 24.3 Å². The maximum absolute atomic E-state index is 5.28. The molecule has 0 radical (unpaired) electrons. The van der Waals surface area contributed by atoms with Gasteiger partial charge in [0.25, 0.3) is 0 Å². The first-order chi connectivity index (χ1) is 12.5. The van der Waals surface area contributed by atoms with E-state index >= 15 is 0 Å². The lowest BCUT2D eigenvalue weighted by Gasteiger charge is -2.34. The van der Waals surface area contributed by atoms with Crippen LogP contribution in [0.25, 0.3) is 6.08 Å². The highest BCUT2D eigenvalue weighted by Gasteiger charge is 2.62. The summed E-state index contributed by atoms with van der Waals surface area (Å²) >= 11 is 0. The van der Waals surface area contributed by atoms with Crippen molar-refractivity contribution in [2.45, 2.75) is 33.6 Å². The highest BCUT2D eigenvalue weighted by atomic mass is 16.5. The van der Waals surface area contributed by atoms with E-state index in [0.29, 0.717) is 5.92 Å². The number of methoxy groups -OCH3 is 1. The topological polar surface area (TPSA) is 21.6 Å². The second-order valence-electron chi connectivity index (χ2n) is 8.31. The molecule has 0 unspecified atom stereocenters. The zero-order valence-electron chi connectivity index (χ0n) is 16.1. The Morgan fingerprint density at radius 3 is 2.35 bits per heavy atom. The summed E-state index contributed by atoms with van der Waals surface area (Å²) in [6.07, 6.45) is 4.83. The maximum Gasteiger partial charge on any atom is 0.119 e. The molecule has 26 heavy (non-hydrogen) atoms. The highest BCUT2D eigenvalue weighted by molar-refractivity contribution is 6.12. The number of fused-ring (bicyclic) bond motifs is 2. The van der Waals surface area contributed by atoms with E-state index in [4.69, 9.17) is 9.73 Å². The van der Waals surface area contributed by atoms with Gasteiger partial charge in [0.05, 0.1) is 18.5 Å². The van der Waals surface area contributed by atoms with Gasteiger partial charge in [-0.25, -0.2) is 0 Å². The van der Waals surface area contributed by atoms with Crippen LogP contribution in [0.3, 0.4) is 0 Å². The Labute approximate surface area is 156 Å². The molecule has 2 aromatic carbocycles. The van der Waals surface area contributed by atoms with Gasteiger partial charge in [-0.2, -0.15) is 0 Å². The second-order valence-corrected chi connectivity index (χ2v) is 8.31. The number of hydrogen-bond acceptors (Lipinski definition) is 2. The number of benzene rings is 2. The molecule has 0 aliphatic heterocycles. The average molecular weight is 345 g/mol. The van der Waals surface area contributed by atoms with Crippen molar-refractivity contribution >= 4 is 17.5 Å². The van der Waals surface area contributed by atoms with Crippen LogP contribution < -0.4 is 4.74 Å². The van der Waals surface area contributed by atoms with Gasteiger partial charge in [0.1, 0.15) is 5.75 Å². The SMILES string of the molecule is COc1ccc(N=C2C(=Cc3ccccc3)[C@H]3CC[C@]2(C)C3(C)C)cc1. The van der Waals surface area contributed by atoms with Gasteiger partial charge in [-0.05, 0) is 65.7 Å². The summed E-state index contributed by atoms with van der Waals surface area (Å²) in [5, 5.41) is 0. The molecule has 134 valence electrons. The molecule has 2 aromatic rings. The van der Waals surface area contributed by atoms with Gasteiger partial charge in [0, 0.05) is 5.41 Å². The molecular formula is C24H27NO. The standard InChI is InChI=1S/C24H27NO/c1-23(2)21-14-15-24(23,3)22(20(21)16-17-8-6-5-7-9-17)25-18-10-12-19(26-4)13-11-18/h5-13,16,21H,14-15H2,1-4H3/t21-,24+/m1/s1. The van der Waals surface area contributed by atoms with Gasteiger partial charge in [-0.1, -0.05) is 51.1 Å². The van der Waals surface area contributed by atoms with Crippen molar-refractivity contribution in [2.75, 3.05) is 7.11 Å². The van der Waals surface area contributed by atoms with Gasteiger partial charge in [0.15, 0.2) is 0 Å². The molecule has 0 amide bonds. The predicted molar refractivity (Wildman–Crippen MR) is 109 cm³/mol. The van der Waals surface area contributed by atoms with Crippen LogP contribution in [0, 0.1) is 16.7 Å². The van der Waals surface area contributed by atoms with Gasteiger partial charge < -0.3 is 4.74 Å². The quantitative estimate of drug-likeness (QED) is 0.639. The van der Waals surface area contributed by atoms with Crippen LogP contribution in [0.5, 0.6) is 5.75 Å². The van der Waals surface area contributed by atoms with Gasteiger partial charge >= 0.3 is 0 Å². The Hall–Kier alpha value is -2.35. The molecule has 4 rings (SSSR count). The van der Waals surface area contributed by atoms with E-state index < -0.39 is 0 Å². The Bertz CT molecular complexity index is 861. The zero-order chi connectivity index (χ0) is 18.4. The molecule has 0 N–H and O–H groups in total. The minimum Gasteiger partial charge on any atom is -0.497 e. The molecular weight excluding hydrogens is 318 g/mol. The number of rotatable bonds is 3. The lowest BCUT2D eigenvalue weighted by molar-refractivity contribution is 0.203. The summed E-state index contributed by atoms with van der Waals surface area (Å²) in [6.45, 7) is 7.24. The smallest absolute Gasteiger partial charge is 0.119 e. The first-order valence-electron chi connectivity index (χ1n) is 9.46. The molecule has 2 saturated carbocycles. The van der Waals surface area contributed by atoms with E-state index in [9.17, 15) is 0 Å². The van der Waals surface area contributed by atoms with Crippen molar-refractivity contribution < 1.29 is 4.74 Å². The third kappa shape index (κ3) is 2.51. The third-order valence-electron chi connectivity index (χ3n) is 6.83. The molecule has 2 heteroatoms. The van der Waals surface area contributed by atoms with Crippen LogP contribution in [-0.4, -0.2) is 12.8 Å². The number of ether oxygens (including phenoxy) is 1. The minimum absolute atomic E-state index is 0.123. The van der Waals surface area contributed by atoms with Crippen LogP contribution in [0.15, 0.2) is 65.2 Å². The van der Waals surface area contributed by atoms with Crippen molar-refractivity contribution in [3.8, 4) is 5.75 Å². The fourth-order valence-corrected chi connectivity index (χ4v) is 4.82. The van der Waals surface area contributed by atoms with Crippen molar-refractivity contribution in [2.24, 2.45) is 21.7 Å². The number of aliphatic imine (C=N–C) groups is 1. The maximum atomic E-state index is 5.28. The zero-order valence-corrected chi connectivity index (χ0v) is 16.1.